The molecule has 2 heterocycles. The van der Waals surface area contributed by atoms with Crippen LogP contribution >= 0.6 is 0 Å². The second kappa shape index (κ2) is 9.96. The average Bonchev–Trinajstić information content (AvgIpc) is 3.42. The summed E-state index contributed by atoms with van der Waals surface area (Å²) in [5.74, 6) is 2.57. The molecule has 11 nitrogen and oxygen atoms in total. The third kappa shape index (κ3) is 6.25. The number of hydrogen-bond acceptors (Lipinski definition) is 9. The van der Waals surface area contributed by atoms with Crippen LogP contribution in [0.3, 0.4) is 0 Å². The van der Waals surface area contributed by atoms with Crippen LogP contribution in [-0.4, -0.2) is 58.5 Å². The first-order valence-corrected chi connectivity index (χ1v) is 13.3. The van der Waals surface area contributed by atoms with E-state index in [0.29, 0.717) is 35.9 Å². The lowest BCUT2D eigenvalue weighted by Gasteiger charge is -2.28. The fraction of sp³-hybridized carbons (Fsp3) is 0.417. The summed E-state index contributed by atoms with van der Waals surface area (Å²) >= 11 is 0. The fourth-order valence-corrected chi connectivity index (χ4v) is 4.36. The summed E-state index contributed by atoms with van der Waals surface area (Å²) in [7, 11) is -3.57. The Morgan fingerprint density at radius 1 is 1.17 bits per heavy atom. The highest BCUT2D eigenvalue weighted by Crippen LogP contribution is 2.35. The van der Waals surface area contributed by atoms with Gasteiger partial charge >= 0.3 is 0 Å². The van der Waals surface area contributed by atoms with Gasteiger partial charge in [0, 0.05) is 24.2 Å². The minimum atomic E-state index is -3.57. The zero-order valence-electron chi connectivity index (χ0n) is 20.6. The van der Waals surface area contributed by atoms with Crippen LogP contribution in [-0.2, 0) is 16.6 Å². The number of aliphatic hydroxyl groups is 1. The molecule has 12 heteroatoms. The highest BCUT2D eigenvalue weighted by molar-refractivity contribution is 7.92. The third-order valence-electron chi connectivity index (χ3n) is 5.91. The van der Waals surface area contributed by atoms with E-state index in [-0.39, 0.29) is 30.3 Å². The van der Waals surface area contributed by atoms with Crippen molar-refractivity contribution < 1.29 is 28.1 Å². The van der Waals surface area contributed by atoms with Gasteiger partial charge in [-0.2, -0.15) is 5.10 Å². The minimum Gasteiger partial charge on any atom is -0.506 e. The number of rotatable bonds is 10. The van der Waals surface area contributed by atoms with Gasteiger partial charge in [0.25, 0.3) is 0 Å². The molecule has 0 spiro atoms. The normalized spacial score (nSPS) is 14.1. The number of phenols is 1. The number of nitrogens with zero attached hydrogens (tertiary/aromatic N) is 3. The van der Waals surface area contributed by atoms with Crippen molar-refractivity contribution in [3.05, 3.63) is 47.8 Å². The molecule has 0 radical (unpaired) electrons. The largest absolute Gasteiger partial charge is 0.506 e. The summed E-state index contributed by atoms with van der Waals surface area (Å²) in [6.07, 6.45) is 0.797. The number of aliphatic hydroxyl groups excluding tert-OH is 1. The summed E-state index contributed by atoms with van der Waals surface area (Å²) in [4.78, 5) is 4.59. The molecule has 0 saturated carbocycles. The lowest BCUT2D eigenvalue weighted by Crippen LogP contribution is -2.42. The van der Waals surface area contributed by atoms with E-state index in [2.05, 4.69) is 20.1 Å². The molecule has 0 amide bonds. The van der Waals surface area contributed by atoms with Gasteiger partial charge < -0.3 is 25.0 Å². The van der Waals surface area contributed by atoms with Crippen molar-refractivity contribution in [1.82, 2.24) is 20.1 Å². The van der Waals surface area contributed by atoms with Crippen molar-refractivity contribution in [2.24, 2.45) is 0 Å². The van der Waals surface area contributed by atoms with E-state index >= 15 is 0 Å². The van der Waals surface area contributed by atoms with Crippen LogP contribution in [0.5, 0.6) is 17.2 Å². The number of sulfonamides is 1. The number of anilines is 1. The maximum absolute atomic E-state index is 11.5. The molecule has 2 aromatic carbocycles. The highest BCUT2D eigenvalue weighted by Gasteiger charge is 2.22. The van der Waals surface area contributed by atoms with Crippen molar-refractivity contribution >= 4 is 15.7 Å². The molecule has 1 aliphatic heterocycles. The van der Waals surface area contributed by atoms with Gasteiger partial charge in [-0.25, -0.2) is 18.1 Å². The molecular formula is C24H31N5O6S. The minimum absolute atomic E-state index is 0.0215. The van der Waals surface area contributed by atoms with E-state index in [0.717, 1.165) is 17.6 Å². The zero-order chi connectivity index (χ0) is 26.1. The number of phenolic OH excluding ortho intramolecular Hbond substituents is 1. The van der Waals surface area contributed by atoms with Crippen molar-refractivity contribution in [3.63, 3.8) is 0 Å². The molecule has 0 aliphatic carbocycles. The van der Waals surface area contributed by atoms with Crippen LogP contribution in [0, 0.1) is 6.92 Å². The van der Waals surface area contributed by atoms with Gasteiger partial charge in [-0.1, -0.05) is 6.07 Å². The lowest BCUT2D eigenvalue weighted by atomic mass is 9.99. The highest BCUT2D eigenvalue weighted by atomic mass is 32.2. The zero-order valence-corrected chi connectivity index (χ0v) is 21.5. The molecule has 1 aromatic heterocycles. The first-order chi connectivity index (χ1) is 16.9. The Morgan fingerprint density at radius 2 is 1.92 bits per heavy atom. The average molecular weight is 518 g/mol. The topological polar surface area (TPSA) is 148 Å². The summed E-state index contributed by atoms with van der Waals surface area (Å²) in [5, 5.41) is 28.6. The Labute approximate surface area is 210 Å². The SMILES string of the molecule is Cc1nc(-c2ccc3c(c2)OCO3)nn1CCC(C)(C)NCC(O)c1ccc(O)c(NS(C)(=O)=O)c1. The summed E-state index contributed by atoms with van der Waals surface area (Å²) in [5.41, 5.74) is 1.000. The number of fused-ring (bicyclic) bond motifs is 1. The molecule has 1 aliphatic rings. The Hall–Kier alpha value is -3.35. The van der Waals surface area contributed by atoms with Crippen LogP contribution in [0.25, 0.3) is 11.4 Å². The summed E-state index contributed by atoms with van der Waals surface area (Å²) in [6, 6.07) is 9.95. The molecule has 1 unspecified atom stereocenters. The van der Waals surface area contributed by atoms with E-state index in [1.54, 1.807) is 6.07 Å². The number of aryl methyl sites for hydroxylation is 2. The van der Waals surface area contributed by atoms with Gasteiger partial charge in [0.1, 0.15) is 11.6 Å². The van der Waals surface area contributed by atoms with Crippen molar-refractivity contribution in [2.75, 3.05) is 24.3 Å². The number of hydrogen-bond donors (Lipinski definition) is 4. The molecule has 0 bridgehead atoms. The second-order valence-corrected chi connectivity index (χ2v) is 11.2. The number of ether oxygens (including phenoxy) is 2. The molecule has 4 rings (SSSR count). The van der Waals surface area contributed by atoms with Gasteiger partial charge in [-0.05, 0) is 63.1 Å². The Kier molecular flexibility index (Phi) is 7.12. The van der Waals surface area contributed by atoms with E-state index in [9.17, 15) is 18.6 Å². The fourth-order valence-electron chi connectivity index (χ4n) is 3.80. The monoisotopic (exact) mass is 517 g/mol. The number of β-amino-alcohol motifs (C(OH)–C–C–N with tert-alkyl or cyclic N) is 1. The second-order valence-electron chi connectivity index (χ2n) is 9.46. The molecule has 36 heavy (non-hydrogen) atoms. The van der Waals surface area contributed by atoms with Crippen LogP contribution in [0.4, 0.5) is 5.69 Å². The number of nitrogens with one attached hydrogen (secondary N) is 2. The summed E-state index contributed by atoms with van der Waals surface area (Å²) < 4.78 is 37.9. The van der Waals surface area contributed by atoms with Crippen LogP contribution in [0.1, 0.15) is 37.8 Å². The third-order valence-corrected chi connectivity index (χ3v) is 6.50. The Morgan fingerprint density at radius 3 is 2.67 bits per heavy atom. The van der Waals surface area contributed by atoms with E-state index in [1.807, 2.05) is 43.7 Å². The van der Waals surface area contributed by atoms with E-state index < -0.39 is 16.1 Å². The smallest absolute Gasteiger partial charge is 0.231 e. The van der Waals surface area contributed by atoms with E-state index in [1.165, 1.54) is 12.1 Å². The molecular weight excluding hydrogens is 486 g/mol. The Balaban J connectivity index is 1.35. The Bertz CT molecular complexity index is 1360. The van der Waals surface area contributed by atoms with Crippen LogP contribution < -0.4 is 19.5 Å². The molecule has 0 fully saturated rings. The lowest BCUT2D eigenvalue weighted by molar-refractivity contribution is 0.158. The van der Waals surface area contributed by atoms with Gasteiger partial charge in [0.05, 0.1) is 18.0 Å². The molecule has 4 N–H and O–H groups in total. The van der Waals surface area contributed by atoms with Gasteiger partial charge in [0.15, 0.2) is 17.3 Å². The number of aromatic nitrogens is 3. The van der Waals surface area contributed by atoms with Crippen molar-refractivity contribution in [3.8, 4) is 28.6 Å². The maximum atomic E-state index is 11.5. The molecule has 0 saturated heterocycles. The number of benzene rings is 2. The van der Waals surface area contributed by atoms with Crippen molar-refractivity contribution in [2.45, 2.75) is 45.4 Å². The first-order valence-electron chi connectivity index (χ1n) is 11.5. The molecule has 1 atom stereocenters. The van der Waals surface area contributed by atoms with Gasteiger partial charge in [-0.3, -0.25) is 4.72 Å². The standard InChI is InChI=1S/C24H31N5O6S/c1-15-26-23(17-6-8-21-22(12-17)35-14-34-21)27-29(15)10-9-24(2,3)25-13-20(31)16-5-7-19(30)18(11-16)28-36(4,32)33/h5-8,11-12,20,25,28,30-31H,9-10,13-14H2,1-4H3. The van der Waals surface area contributed by atoms with Crippen LogP contribution in [0.2, 0.25) is 0 Å². The van der Waals surface area contributed by atoms with Crippen molar-refractivity contribution in [1.29, 1.82) is 0 Å². The quantitative estimate of drug-likeness (QED) is 0.298. The molecule has 194 valence electrons. The maximum Gasteiger partial charge on any atom is 0.231 e. The van der Waals surface area contributed by atoms with Gasteiger partial charge in [0.2, 0.25) is 16.8 Å². The molecule has 3 aromatic rings. The predicted molar refractivity (Wildman–Crippen MR) is 135 cm³/mol. The van der Waals surface area contributed by atoms with E-state index in [4.69, 9.17) is 9.47 Å². The summed E-state index contributed by atoms with van der Waals surface area (Å²) in [6.45, 7) is 7.01. The first kappa shape index (κ1) is 25.7. The number of aromatic hydroxyl groups is 1. The van der Waals surface area contributed by atoms with Gasteiger partial charge in [-0.15, -0.1) is 0 Å². The predicted octanol–water partition coefficient (Wildman–Crippen LogP) is 2.55. The van der Waals surface area contributed by atoms with Crippen LogP contribution in [0.15, 0.2) is 36.4 Å².